The highest BCUT2D eigenvalue weighted by molar-refractivity contribution is 6.40. The molecule has 0 radical (unpaired) electrons. The Hall–Kier alpha value is -7.91. The number of imidazole rings is 1. The predicted octanol–water partition coefficient (Wildman–Crippen LogP) is 12.2. The summed E-state index contributed by atoms with van der Waals surface area (Å²) in [6, 6.07) is 20.2. The molecule has 7 aromatic rings. The van der Waals surface area contributed by atoms with Crippen LogP contribution in [-0.2, 0) is 16.1 Å². The highest BCUT2D eigenvalue weighted by Crippen LogP contribution is 2.30. The Morgan fingerprint density at radius 2 is 1.25 bits per heavy atom. The fourth-order valence-electron chi connectivity index (χ4n) is 5.29. The number of aromatic nitrogens is 8. The van der Waals surface area contributed by atoms with Gasteiger partial charge in [-0.1, -0.05) is 53.0 Å². The quantitative estimate of drug-likeness (QED) is 0.0432. The topological polar surface area (TPSA) is 231 Å². The molecule has 0 aliphatic carbocycles. The number of halogens is 8. The number of benzene rings is 3. The van der Waals surface area contributed by atoms with Gasteiger partial charge in [-0.25, -0.2) is 19.5 Å². The molecule has 19 nitrogen and oxygen atoms in total. The van der Waals surface area contributed by atoms with Crippen LogP contribution in [0.4, 0.5) is 53.0 Å². The maximum atomic E-state index is 12.2. The predicted molar refractivity (Wildman–Crippen MR) is 273 cm³/mol. The fraction of sp³-hybridized carbons (Fsp3) is 0.178. The molecule has 5 N–H and O–H groups in total. The molecule has 0 saturated heterocycles. The van der Waals surface area contributed by atoms with E-state index in [2.05, 4.69) is 70.8 Å². The van der Waals surface area contributed by atoms with E-state index in [1.165, 1.54) is 24.5 Å². The summed E-state index contributed by atoms with van der Waals surface area (Å²) >= 11 is 26.5. The molecule has 0 spiro atoms. The number of rotatable bonds is 10. The van der Waals surface area contributed by atoms with E-state index in [-0.39, 0.29) is 27.3 Å². The van der Waals surface area contributed by atoms with Crippen LogP contribution in [0.5, 0.6) is 5.75 Å². The number of anilines is 4. The smallest absolute Gasteiger partial charge is 0.427 e. The highest BCUT2D eigenvalue weighted by Gasteiger charge is 2.25. The molecule has 72 heavy (non-hydrogen) atoms. The Balaban J connectivity index is 0.000000321. The third-order valence-electron chi connectivity index (χ3n) is 8.15. The van der Waals surface area contributed by atoms with Crippen molar-refractivity contribution >= 4 is 128 Å². The number of amides is 1. The van der Waals surface area contributed by atoms with Gasteiger partial charge in [0.15, 0.2) is 38.3 Å². The standard InChI is InChI=1S/C14H12ClN5O.C14H10ClN5.C9H11N3.C5H3ClN2O2.C2HF3O.CH2Cl2/c1-3-17-12-7-10(16-2)4-5-11(12)19-14(21)9-6-13(15)20-18-8-9;1-3-20-12-7-10(16-2)4-5-11(12)18-14(20)9-6-13(15)19-17-8-9;1-3-12-9-6-7(11-2)4-5-8(9)10;6-5-1-4(10-3-9)2-7-8-5;3-2(4,5)1-6;2-1-3/h4-8,17H,3H2,1H3,(H,19,21);4-8H,3H2,1H3;4-6,12H,3,10H2,1H3;1-3H;1H;1H2. The first-order chi connectivity index (χ1) is 34.4. The van der Waals surface area contributed by atoms with Crippen molar-refractivity contribution in [2.45, 2.75) is 33.5 Å². The average Bonchev–Trinajstić information content (AvgIpc) is 3.74. The van der Waals surface area contributed by atoms with Crippen molar-refractivity contribution in [2.75, 3.05) is 40.1 Å². The molecular formula is C45H39Cl5F3N15O4. The van der Waals surface area contributed by atoms with E-state index in [1.54, 1.807) is 54.7 Å². The second kappa shape index (κ2) is 32.1. The molecule has 4 aromatic heterocycles. The van der Waals surface area contributed by atoms with Crippen molar-refractivity contribution in [3.05, 3.63) is 147 Å². The Bertz CT molecular complexity index is 3020. The average molecular weight is 1090 g/mol. The maximum absolute atomic E-state index is 12.2. The van der Waals surface area contributed by atoms with Crippen molar-refractivity contribution < 1.29 is 32.3 Å². The van der Waals surface area contributed by atoms with E-state index in [9.17, 15) is 22.8 Å². The summed E-state index contributed by atoms with van der Waals surface area (Å²) in [5.41, 5.74) is 13.1. The molecule has 0 saturated carbocycles. The minimum atomic E-state index is -4.64. The van der Waals surface area contributed by atoms with E-state index in [1.807, 2.05) is 37.5 Å². The number of nitrogen functional groups attached to an aromatic ring is 1. The van der Waals surface area contributed by atoms with Gasteiger partial charge in [-0.05, 0) is 69.3 Å². The molecule has 3 aromatic carbocycles. The second-order valence-electron chi connectivity index (χ2n) is 12.9. The van der Waals surface area contributed by atoms with E-state index in [0.717, 1.165) is 41.2 Å². The third-order valence-corrected chi connectivity index (χ3v) is 8.70. The number of nitrogens with zero attached hydrogens (tertiary/aromatic N) is 11. The van der Waals surface area contributed by atoms with Gasteiger partial charge in [0.1, 0.15) is 5.82 Å². The van der Waals surface area contributed by atoms with E-state index >= 15 is 0 Å². The van der Waals surface area contributed by atoms with Crippen molar-refractivity contribution in [1.29, 1.82) is 0 Å². The van der Waals surface area contributed by atoms with E-state index in [0.29, 0.717) is 57.9 Å². The van der Waals surface area contributed by atoms with Gasteiger partial charge >= 0.3 is 6.18 Å². The zero-order valence-corrected chi connectivity index (χ0v) is 41.6. The summed E-state index contributed by atoms with van der Waals surface area (Å²) in [7, 11) is 0. The first-order valence-corrected chi connectivity index (χ1v) is 22.3. The van der Waals surface area contributed by atoms with E-state index < -0.39 is 12.5 Å². The normalized spacial score (nSPS) is 9.72. The number of aryl methyl sites for hydroxylation is 1. The first kappa shape index (κ1) is 60.2. The summed E-state index contributed by atoms with van der Waals surface area (Å²) in [6.07, 6.45) is -1.44. The number of alkyl halides is 5. The van der Waals surface area contributed by atoms with Crippen LogP contribution in [0, 0.1) is 19.7 Å². The summed E-state index contributed by atoms with van der Waals surface area (Å²) in [5, 5.41) is 31.5. The summed E-state index contributed by atoms with van der Waals surface area (Å²) in [4.78, 5) is 45.4. The molecule has 0 aliphatic rings. The van der Waals surface area contributed by atoms with Crippen LogP contribution in [0.15, 0.2) is 91.4 Å². The van der Waals surface area contributed by atoms with Gasteiger partial charge in [-0.3, -0.25) is 14.4 Å². The zero-order chi connectivity index (χ0) is 53.6. The van der Waals surface area contributed by atoms with Crippen LogP contribution in [-0.4, -0.2) is 83.4 Å². The van der Waals surface area contributed by atoms with Crippen LogP contribution in [0.25, 0.3) is 37.0 Å². The van der Waals surface area contributed by atoms with Crippen LogP contribution < -0.4 is 26.4 Å². The Kier molecular flexibility index (Phi) is 26.8. The Morgan fingerprint density at radius 3 is 1.78 bits per heavy atom. The van der Waals surface area contributed by atoms with Crippen LogP contribution in [0.2, 0.25) is 15.5 Å². The van der Waals surface area contributed by atoms with Crippen LogP contribution in [0.3, 0.4) is 0 Å². The highest BCUT2D eigenvalue weighted by atomic mass is 35.5. The number of hydrogen-bond acceptors (Lipinski definition) is 14. The molecule has 0 fully saturated rings. The van der Waals surface area contributed by atoms with Gasteiger partial charge in [-0.15, -0.1) is 38.5 Å². The number of fused-ring (bicyclic) bond motifs is 1. The van der Waals surface area contributed by atoms with Gasteiger partial charge in [-0.2, -0.15) is 28.5 Å². The van der Waals surface area contributed by atoms with Crippen molar-refractivity contribution in [1.82, 2.24) is 40.1 Å². The number of aldehydes is 1. The summed E-state index contributed by atoms with van der Waals surface area (Å²) in [5.74, 6) is 0.720. The summed E-state index contributed by atoms with van der Waals surface area (Å²) < 4.78 is 37.7. The zero-order valence-electron chi connectivity index (χ0n) is 37.8. The van der Waals surface area contributed by atoms with Gasteiger partial charge in [0.05, 0.1) is 71.6 Å². The molecule has 27 heteroatoms. The molecule has 0 aliphatic heterocycles. The summed E-state index contributed by atoms with van der Waals surface area (Å²) in [6.45, 7) is 29.4. The lowest BCUT2D eigenvalue weighted by Crippen LogP contribution is -2.14. The van der Waals surface area contributed by atoms with Gasteiger partial charge < -0.3 is 31.0 Å². The largest absolute Gasteiger partial charge is 0.446 e. The molecular weight excluding hydrogens is 1050 g/mol. The van der Waals surface area contributed by atoms with Crippen molar-refractivity contribution in [3.8, 4) is 17.1 Å². The molecule has 0 bridgehead atoms. The molecule has 7 rings (SSSR count). The van der Waals surface area contributed by atoms with Gasteiger partial charge in [0.2, 0.25) is 6.29 Å². The number of carbonyl (C=O) groups is 3. The van der Waals surface area contributed by atoms with Gasteiger partial charge in [0, 0.05) is 42.6 Å². The molecule has 1 amide bonds. The van der Waals surface area contributed by atoms with E-state index in [4.69, 9.17) is 88.2 Å². The Morgan fingerprint density at radius 1 is 0.736 bits per heavy atom. The SMILES string of the molecule is ClCCl.O=CC(F)(F)F.O=COc1cnnc(Cl)c1.[C-]#[N+]c1ccc(N)c(NCC)c1.[C-]#[N+]c1ccc(NC(=O)c2cnnc(Cl)c2)c(NCC)c1.[C-]#[N+]c1ccc2nc(-c3cnnc(Cl)c3)n(CC)c2c1. The number of nitrogens with two attached hydrogens (primary N) is 1. The third kappa shape index (κ3) is 21.0. The van der Waals surface area contributed by atoms with Crippen LogP contribution in [0.1, 0.15) is 31.1 Å². The number of nitrogens with one attached hydrogen (secondary N) is 3. The molecule has 0 unspecified atom stereocenters. The van der Waals surface area contributed by atoms with Crippen LogP contribution >= 0.6 is 58.0 Å². The first-order valence-electron chi connectivity index (χ1n) is 20.1. The fourth-order valence-corrected chi connectivity index (χ4v) is 5.77. The van der Waals surface area contributed by atoms with Gasteiger partial charge in [0.25, 0.3) is 12.4 Å². The maximum Gasteiger partial charge on any atom is 0.446 e. The molecule has 374 valence electrons. The lowest BCUT2D eigenvalue weighted by molar-refractivity contribution is -0.156. The number of ether oxygens (including phenoxy) is 1. The minimum Gasteiger partial charge on any atom is -0.427 e. The monoisotopic (exact) mass is 1090 g/mol. The van der Waals surface area contributed by atoms with Crippen molar-refractivity contribution in [2.24, 2.45) is 0 Å². The van der Waals surface area contributed by atoms with Crippen molar-refractivity contribution in [3.63, 3.8) is 0 Å². The lowest BCUT2D eigenvalue weighted by atomic mass is 10.2. The number of carbonyl (C=O) groups excluding carboxylic acids is 3. The lowest BCUT2D eigenvalue weighted by Gasteiger charge is -2.12. The number of hydrogen-bond donors (Lipinski definition) is 4. The second-order valence-corrected chi connectivity index (χ2v) is 14.9. The Labute approximate surface area is 435 Å². The molecule has 4 heterocycles. The minimum absolute atomic E-state index is 0.151. The molecule has 0 atom stereocenters.